The van der Waals surface area contributed by atoms with Crippen molar-refractivity contribution >= 4 is 17.6 Å². The largest absolute Gasteiger partial charge is 0.371 e. The van der Waals surface area contributed by atoms with E-state index < -0.39 is 0 Å². The van der Waals surface area contributed by atoms with E-state index in [1.807, 2.05) is 11.8 Å². The van der Waals surface area contributed by atoms with E-state index in [1.165, 1.54) is 5.56 Å². The molecule has 1 aliphatic heterocycles. The molecule has 1 N–H and O–H groups in total. The lowest BCUT2D eigenvalue weighted by Gasteiger charge is -2.02. The molecule has 0 spiro atoms. The van der Waals surface area contributed by atoms with Crippen LogP contribution in [0.4, 0.5) is 0 Å². The molecule has 0 saturated heterocycles. The van der Waals surface area contributed by atoms with E-state index in [0.717, 1.165) is 30.4 Å². The quantitative estimate of drug-likeness (QED) is 0.814. The maximum Gasteiger partial charge on any atom is 0.106 e. The summed E-state index contributed by atoms with van der Waals surface area (Å²) < 4.78 is 0. The summed E-state index contributed by atoms with van der Waals surface area (Å²) >= 11 is 1.91. The number of nitrogens with zero attached hydrogens (tertiary/aromatic N) is 1. The molecule has 0 saturated carbocycles. The molecule has 74 valence electrons. The van der Waals surface area contributed by atoms with Crippen LogP contribution in [0.25, 0.3) is 0 Å². The molecule has 2 rings (SSSR count). The predicted molar refractivity (Wildman–Crippen MR) is 62.9 cm³/mol. The zero-order chi connectivity index (χ0) is 9.64. The van der Waals surface area contributed by atoms with Gasteiger partial charge in [0.25, 0.3) is 0 Å². The second kappa shape index (κ2) is 5.05. The number of rotatable bonds is 4. The second-order valence-corrected chi connectivity index (χ2v) is 4.22. The SMILES string of the molecule is c1ccc(CSCC2=NCCN2)cc1. The summed E-state index contributed by atoms with van der Waals surface area (Å²) in [5, 5.41) is 3.27. The maximum atomic E-state index is 4.35. The number of amidine groups is 1. The first kappa shape index (κ1) is 9.59. The Hall–Kier alpha value is -0.960. The van der Waals surface area contributed by atoms with Crippen molar-refractivity contribution in [1.29, 1.82) is 0 Å². The Bertz CT molecular complexity index is 308. The number of hydrogen-bond acceptors (Lipinski definition) is 3. The lowest BCUT2D eigenvalue weighted by atomic mass is 10.2. The van der Waals surface area contributed by atoms with Crippen molar-refractivity contribution in [3.63, 3.8) is 0 Å². The molecular formula is C11H14N2S. The Morgan fingerprint density at radius 1 is 1.21 bits per heavy atom. The van der Waals surface area contributed by atoms with E-state index >= 15 is 0 Å². The Kier molecular flexibility index (Phi) is 3.46. The summed E-state index contributed by atoms with van der Waals surface area (Å²) in [5.41, 5.74) is 1.39. The van der Waals surface area contributed by atoms with Crippen LogP contribution in [-0.4, -0.2) is 24.7 Å². The first-order valence-corrected chi connectivity index (χ1v) is 5.99. The van der Waals surface area contributed by atoms with Gasteiger partial charge in [-0.3, -0.25) is 4.99 Å². The van der Waals surface area contributed by atoms with Gasteiger partial charge in [-0.1, -0.05) is 30.3 Å². The summed E-state index contributed by atoms with van der Waals surface area (Å²) in [6, 6.07) is 10.5. The predicted octanol–water partition coefficient (Wildman–Crippen LogP) is 1.92. The lowest BCUT2D eigenvalue weighted by Crippen LogP contribution is -2.20. The normalized spacial score (nSPS) is 15.0. The van der Waals surface area contributed by atoms with Crippen LogP contribution in [0.5, 0.6) is 0 Å². The number of aliphatic imine (C=N–C) groups is 1. The van der Waals surface area contributed by atoms with Gasteiger partial charge in [0.15, 0.2) is 0 Å². The molecular weight excluding hydrogens is 192 g/mol. The highest BCUT2D eigenvalue weighted by molar-refractivity contribution is 7.99. The number of thioether (sulfide) groups is 1. The van der Waals surface area contributed by atoms with Crippen molar-refractivity contribution in [3.8, 4) is 0 Å². The minimum Gasteiger partial charge on any atom is -0.371 e. The molecule has 3 heteroatoms. The molecule has 0 aliphatic carbocycles. The van der Waals surface area contributed by atoms with E-state index in [0.29, 0.717) is 0 Å². The van der Waals surface area contributed by atoms with Crippen LogP contribution in [0, 0.1) is 0 Å². The standard InChI is InChI=1S/C11H14N2S/c1-2-4-10(5-3-1)8-14-9-11-12-6-7-13-11/h1-5H,6-9H2,(H,12,13). The maximum absolute atomic E-state index is 4.35. The molecule has 2 nitrogen and oxygen atoms in total. The summed E-state index contributed by atoms with van der Waals surface area (Å²) in [7, 11) is 0. The molecule has 0 radical (unpaired) electrons. The Morgan fingerprint density at radius 3 is 2.79 bits per heavy atom. The third-order valence-electron chi connectivity index (χ3n) is 2.09. The van der Waals surface area contributed by atoms with Crippen LogP contribution < -0.4 is 5.32 Å². The topological polar surface area (TPSA) is 24.4 Å². The van der Waals surface area contributed by atoms with Gasteiger partial charge in [-0.2, -0.15) is 0 Å². The molecule has 0 bridgehead atoms. The van der Waals surface area contributed by atoms with Crippen LogP contribution in [0.2, 0.25) is 0 Å². The fourth-order valence-corrected chi connectivity index (χ4v) is 2.30. The first-order valence-electron chi connectivity index (χ1n) is 4.84. The molecule has 0 unspecified atom stereocenters. The third kappa shape index (κ3) is 2.77. The van der Waals surface area contributed by atoms with Crippen LogP contribution >= 0.6 is 11.8 Å². The molecule has 1 aliphatic rings. The minimum absolute atomic E-state index is 0.946. The molecule has 14 heavy (non-hydrogen) atoms. The number of nitrogens with one attached hydrogen (secondary N) is 1. The van der Waals surface area contributed by atoms with Gasteiger partial charge in [0.1, 0.15) is 5.84 Å². The van der Waals surface area contributed by atoms with Crippen molar-refractivity contribution in [2.45, 2.75) is 5.75 Å². The van der Waals surface area contributed by atoms with Gasteiger partial charge in [-0.15, -0.1) is 11.8 Å². The first-order chi connectivity index (χ1) is 6.95. The average Bonchev–Trinajstić information content (AvgIpc) is 2.72. The second-order valence-electron chi connectivity index (χ2n) is 3.23. The Labute approximate surface area is 88.8 Å². The van der Waals surface area contributed by atoms with Crippen LogP contribution in [0.1, 0.15) is 5.56 Å². The van der Waals surface area contributed by atoms with Crippen molar-refractivity contribution in [1.82, 2.24) is 5.32 Å². The molecule has 0 amide bonds. The highest BCUT2D eigenvalue weighted by atomic mass is 32.2. The Morgan fingerprint density at radius 2 is 2.07 bits per heavy atom. The molecule has 0 atom stereocenters. The van der Waals surface area contributed by atoms with E-state index in [-0.39, 0.29) is 0 Å². The van der Waals surface area contributed by atoms with Crippen molar-refractivity contribution in [2.75, 3.05) is 18.8 Å². The number of benzene rings is 1. The van der Waals surface area contributed by atoms with Crippen LogP contribution in [0.3, 0.4) is 0 Å². The highest BCUT2D eigenvalue weighted by Gasteiger charge is 2.03. The zero-order valence-electron chi connectivity index (χ0n) is 8.07. The van der Waals surface area contributed by atoms with Gasteiger partial charge in [-0.05, 0) is 5.56 Å². The molecule has 1 aromatic rings. The van der Waals surface area contributed by atoms with Gasteiger partial charge >= 0.3 is 0 Å². The molecule has 1 heterocycles. The summed E-state index contributed by atoms with van der Waals surface area (Å²) in [4.78, 5) is 4.35. The fraction of sp³-hybridized carbons (Fsp3) is 0.364. The van der Waals surface area contributed by atoms with Crippen LogP contribution in [0.15, 0.2) is 35.3 Å². The monoisotopic (exact) mass is 206 g/mol. The number of hydrogen-bond donors (Lipinski definition) is 1. The van der Waals surface area contributed by atoms with Gasteiger partial charge in [-0.25, -0.2) is 0 Å². The summed E-state index contributed by atoms with van der Waals surface area (Å²) in [6.45, 7) is 1.96. The highest BCUT2D eigenvalue weighted by Crippen LogP contribution is 2.11. The molecule has 0 aromatic heterocycles. The minimum atomic E-state index is 0.946. The lowest BCUT2D eigenvalue weighted by molar-refractivity contribution is 0.959. The van der Waals surface area contributed by atoms with E-state index in [9.17, 15) is 0 Å². The van der Waals surface area contributed by atoms with Gasteiger partial charge in [0.2, 0.25) is 0 Å². The summed E-state index contributed by atoms with van der Waals surface area (Å²) in [6.07, 6.45) is 0. The van der Waals surface area contributed by atoms with Crippen molar-refractivity contribution < 1.29 is 0 Å². The van der Waals surface area contributed by atoms with E-state index in [4.69, 9.17) is 0 Å². The molecule has 1 aromatic carbocycles. The average molecular weight is 206 g/mol. The van der Waals surface area contributed by atoms with Gasteiger partial charge in [0, 0.05) is 12.3 Å². The third-order valence-corrected chi connectivity index (χ3v) is 3.11. The van der Waals surface area contributed by atoms with Gasteiger partial charge in [0.05, 0.1) is 12.3 Å². The van der Waals surface area contributed by atoms with Crippen LogP contribution in [-0.2, 0) is 5.75 Å². The van der Waals surface area contributed by atoms with Crippen molar-refractivity contribution in [3.05, 3.63) is 35.9 Å². The zero-order valence-corrected chi connectivity index (χ0v) is 8.89. The smallest absolute Gasteiger partial charge is 0.106 e. The Balaban J connectivity index is 1.73. The van der Waals surface area contributed by atoms with Gasteiger partial charge < -0.3 is 5.32 Å². The van der Waals surface area contributed by atoms with Crippen molar-refractivity contribution in [2.24, 2.45) is 4.99 Å². The van der Waals surface area contributed by atoms with E-state index in [2.05, 4.69) is 40.6 Å². The van der Waals surface area contributed by atoms with E-state index in [1.54, 1.807) is 0 Å². The fourth-order valence-electron chi connectivity index (χ4n) is 1.38. The summed E-state index contributed by atoms with van der Waals surface area (Å²) in [5.74, 6) is 3.24. The molecule has 0 fully saturated rings.